The van der Waals surface area contributed by atoms with E-state index in [1.54, 1.807) is 19.1 Å². The predicted molar refractivity (Wildman–Crippen MR) is 107 cm³/mol. The molecule has 148 valence electrons. The van der Waals surface area contributed by atoms with E-state index in [2.05, 4.69) is 25.9 Å². The van der Waals surface area contributed by atoms with E-state index in [9.17, 15) is 14.0 Å². The number of halogens is 1. The molecule has 0 bridgehead atoms. The van der Waals surface area contributed by atoms with Crippen molar-refractivity contribution in [1.29, 1.82) is 0 Å². The van der Waals surface area contributed by atoms with Crippen molar-refractivity contribution in [3.05, 3.63) is 71.3 Å². The first-order valence-electron chi connectivity index (χ1n) is 8.59. The zero-order chi connectivity index (χ0) is 21.0. The van der Waals surface area contributed by atoms with Gasteiger partial charge in [0.1, 0.15) is 17.5 Å². The fourth-order valence-electron chi connectivity index (χ4n) is 2.61. The van der Waals surface area contributed by atoms with Crippen LogP contribution in [0.2, 0.25) is 0 Å². The molecule has 0 fully saturated rings. The van der Waals surface area contributed by atoms with E-state index >= 15 is 0 Å². The van der Waals surface area contributed by atoms with E-state index in [0.717, 1.165) is 6.20 Å². The number of rotatable bonds is 6. The lowest BCUT2D eigenvalue weighted by Crippen LogP contribution is -2.19. The van der Waals surface area contributed by atoms with Crippen molar-refractivity contribution < 1.29 is 19.1 Å². The van der Waals surface area contributed by atoms with E-state index in [1.165, 1.54) is 37.5 Å². The van der Waals surface area contributed by atoms with Gasteiger partial charge in [0.05, 0.1) is 23.0 Å². The summed E-state index contributed by atoms with van der Waals surface area (Å²) < 4.78 is 13.0. The van der Waals surface area contributed by atoms with Crippen molar-refractivity contribution in [2.75, 3.05) is 17.7 Å². The van der Waals surface area contributed by atoms with Gasteiger partial charge in [-0.2, -0.15) is 0 Å². The van der Waals surface area contributed by atoms with Gasteiger partial charge < -0.3 is 21.1 Å². The first-order chi connectivity index (χ1) is 13.9. The summed E-state index contributed by atoms with van der Waals surface area (Å²) in [4.78, 5) is 31.5. The summed E-state index contributed by atoms with van der Waals surface area (Å²) in [7, 11) is 1.51. The Hall–Kier alpha value is -4.01. The largest absolute Gasteiger partial charge is 0.478 e. The van der Waals surface area contributed by atoms with Crippen molar-refractivity contribution >= 4 is 34.9 Å². The Bertz CT molecular complexity index is 1070. The topological polar surface area (TPSA) is 116 Å². The Morgan fingerprint density at radius 1 is 0.966 bits per heavy atom. The molecule has 3 aromatic rings. The fourth-order valence-corrected chi connectivity index (χ4v) is 2.61. The molecular weight excluding hydrogens is 377 g/mol. The number of aromatic nitrogens is 2. The van der Waals surface area contributed by atoms with Crippen LogP contribution < -0.4 is 16.0 Å². The molecule has 4 N–H and O–H groups in total. The summed E-state index contributed by atoms with van der Waals surface area (Å²) in [5, 5.41) is 17.7. The van der Waals surface area contributed by atoms with Gasteiger partial charge in [-0.25, -0.2) is 19.2 Å². The van der Waals surface area contributed by atoms with Crippen LogP contribution in [0, 0.1) is 12.7 Å². The number of hydrogen-bond acceptors (Lipinski definition) is 6. The Kier molecular flexibility index (Phi) is 5.68. The van der Waals surface area contributed by atoms with Crippen LogP contribution in [0.5, 0.6) is 0 Å². The van der Waals surface area contributed by atoms with E-state index in [0.29, 0.717) is 34.1 Å². The average molecular weight is 395 g/mol. The summed E-state index contributed by atoms with van der Waals surface area (Å²) >= 11 is 0. The molecule has 0 radical (unpaired) electrons. The molecule has 1 aromatic carbocycles. The number of anilines is 4. The van der Waals surface area contributed by atoms with Crippen LogP contribution >= 0.6 is 0 Å². The zero-order valence-electron chi connectivity index (χ0n) is 15.7. The van der Waals surface area contributed by atoms with Crippen LogP contribution in [0.4, 0.5) is 27.4 Å². The average Bonchev–Trinajstić information content (AvgIpc) is 2.70. The number of aryl methyl sites for hydroxylation is 1. The highest BCUT2D eigenvalue weighted by Gasteiger charge is 2.14. The predicted octanol–water partition coefficient (Wildman–Crippen LogP) is 3.47. The number of carbonyl (C=O) groups is 2. The van der Waals surface area contributed by atoms with Crippen molar-refractivity contribution in [3.8, 4) is 0 Å². The number of nitrogens with one attached hydrogen (secondary N) is 3. The number of hydrogen-bond donors (Lipinski definition) is 4. The number of aromatic carboxylic acids is 1. The van der Waals surface area contributed by atoms with Gasteiger partial charge in [-0.3, -0.25) is 4.79 Å². The Balaban J connectivity index is 1.95. The van der Waals surface area contributed by atoms with Crippen molar-refractivity contribution in [3.63, 3.8) is 0 Å². The highest BCUT2D eigenvalue weighted by Crippen LogP contribution is 2.27. The van der Waals surface area contributed by atoms with E-state index < -0.39 is 11.8 Å². The standard InChI is InChI=1S/C20H18FN5O3/c1-11-7-12(20(28)29)3-5-15(11)25-16-8-18(24-10-14(16)19(27)22-2)26-17-6-4-13(21)9-23-17/h3-10H,1-2H3,(H,22,27)(H,28,29)(H2,23,24,25,26). The second-order valence-electron chi connectivity index (χ2n) is 6.14. The summed E-state index contributed by atoms with van der Waals surface area (Å²) in [6, 6.07) is 8.97. The zero-order valence-corrected chi connectivity index (χ0v) is 15.7. The summed E-state index contributed by atoms with van der Waals surface area (Å²) in [6.07, 6.45) is 2.47. The van der Waals surface area contributed by atoms with E-state index in [-0.39, 0.29) is 11.5 Å². The fraction of sp³-hybridized carbons (Fsp3) is 0.100. The molecule has 2 heterocycles. The number of amides is 1. The number of carboxylic acids is 1. The minimum Gasteiger partial charge on any atom is -0.478 e. The number of pyridine rings is 2. The van der Waals surface area contributed by atoms with Crippen LogP contribution in [-0.2, 0) is 0 Å². The van der Waals surface area contributed by atoms with Crippen LogP contribution in [-0.4, -0.2) is 34.0 Å². The maximum Gasteiger partial charge on any atom is 0.335 e. The van der Waals surface area contributed by atoms with Crippen LogP contribution in [0.15, 0.2) is 48.8 Å². The number of carboxylic acid groups (broad SMARTS) is 1. The molecule has 0 aliphatic heterocycles. The third-order valence-corrected chi connectivity index (χ3v) is 4.10. The number of benzene rings is 1. The Morgan fingerprint density at radius 3 is 2.34 bits per heavy atom. The monoisotopic (exact) mass is 395 g/mol. The van der Waals surface area contributed by atoms with Gasteiger partial charge in [-0.15, -0.1) is 0 Å². The van der Waals surface area contributed by atoms with Crippen molar-refractivity contribution in [2.24, 2.45) is 0 Å². The molecule has 0 saturated carbocycles. The van der Waals surface area contributed by atoms with E-state index in [4.69, 9.17) is 5.11 Å². The van der Waals surface area contributed by atoms with Crippen molar-refractivity contribution in [1.82, 2.24) is 15.3 Å². The lowest BCUT2D eigenvalue weighted by molar-refractivity contribution is 0.0696. The maximum atomic E-state index is 13.0. The summed E-state index contributed by atoms with van der Waals surface area (Å²) in [5.74, 6) is -1.04. The van der Waals surface area contributed by atoms with Gasteiger partial charge >= 0.3 is 5.97 Å². The first kappa shape index (κ1) is 19.7. The maximum absolute atomic E-state index is 13.0. The smallest absolute Gasteiger partial charge is 0.335 e. The molecule has 9 heteroatoms. The molecule has 1 amide bonds. The van der Waals surface area contributed by atoms with Crippen molar-refractivity contribution in [2.45, 2.75) is 6.92 Å². The van der Waals surface area contributed by atoms with Crippen LogP contribution in [0.25, 0.3) is 0 Å². The van der Waals surface area contributed by atoms with Gasteiger partial charge in [0.25, 0.3) is 5.91 Å². The van der Waals surface area contributed by atoms with E-state index in [1.807, 2.05) is 0 Å². The summed E-state index contributed by atoms with van der Waals surface area (Å²) in [6.45, 7) is 1.76. The van der Waals surface area contributed by atoms with Gasteiger partial charge in [-0.05, 0) is 42.8 Å². The lowest BCUT2D eigenvalue weighted by Gasteiger charge is -2.15. The molecule has 0 aliphatic rings. The third-order valence-electron chi connectivity index (χ3n) is 4.10. The normalized spacial score (nSPS) is 10.3. The van der Waals surface area contributed by atoms with Gasteiger partial charge in [-0.1, -0.05) is 0 Å². The second-order valence-corrected chi connectivity index (χ2v) is 6.14. The van der Waals surface area contributed by atoms with Gasteiger partial charge in [0, 0.05) is 25.0 Å². The quantitative estimate of drug-likeness (QED) is 0.505. The molecule has 0 unspecified atom stereocenters. The molecule has 8 nitrogen and oxygen atoms in total. The van der Waals surface area contributed by atoms with Gasteiger partial charge in [0.2, 0.25) is 0 Å². The molecule has 29 heavy (non-hydrogen) atoms. The first-order valence-corrected chi connectivity index (χ1v) is 8.59. The SMILES string of the molecule is CNC(=O)c1cnc(Nc2ccc(F)cn2)cc1Nc1ccc(C(=O)O)cc1C. The molecule has 0 atom stereocenters. The minimum absolute atomic E-state index is 0.166. The molecular formula is C20H18FN5O3. The highest BCUT2D eigenvalue weighted by molar-refractivity contribution is 6.00. The number of nitrogens with zero attached hydrogens (tertiary/aromatic N) is 2. The Morgan fingerprint density at radius 2 is 1.72 bits per heavy atom. The summed E-state index contributed by atoms with van der Waals surface area (Å²) in [5.41, 5.74) is 2.25. The van der Waals surface area contributed by atoms with Crippen LogP contribution in [0.3, 0.4) is 0 Å². The molecule has 3 rings (SSSR count). The van der Waals surface area contributed by atoms with Gasteiger partial charge in [0.15, 0.2) is 0 Å². The molecule has 2 aromatic heterocycles. The highest BCUT2D eigenvalue weighted by atomic mass is 19.1. The number of carbonyl (C=O) groups excluding carboxylic acids is 1. The lowest BCUT2D eigenvalue weighted by atomic mass is 10.1. The molecule has 0 aliphatic carbocycles. The molecule has 0 saturated heterocycles. The van der Waals surface area contributed by atoms with Crippen LogP contribution in [0.1, 0.15) is 26.3 Å². The Labute approximate surface area is 165 Å². The molecule has 0 spiro atoms. The third kappa shape index (κ3) is 4.64. The second kappa shape index (κ2) is 8.34. The minimum atomic E-state index is -1.02.